The summed E-state index contributed by atoms with van der Waals surface area (Å²) in [6.07, 6.45) is 3.57. The van der Waals surface area contributed by atoms with E-state index in [4.69, 9.17) is 39.3 Å². The van der Waals surface area contributed by atoms with E-state index in [9.17, 15) is 0 Å². The van der Waals surface area contributed by atoms with Gasteiger partial charge in [0.05, 0.1) is 28.3 Å². The maximum Gasteiger partial charge on any atom is 0.227 e. The van der Waals surface area contributed by atoms with E-state index < -0.39 is 0 Å². The highest BCUT2D eigenvalue weighted by atomic mass is 16.3. The molecular formula is C67H39N7O. The molecule has 8 nitrogen and oxygen atoms in total. The fourth-order valence-electron chi connectivity index (χ4n) is 10.9. The molecule has 5 heterocycles. The Morgan fingerprint density at radius 1 is 0.267 bits per heavy atom. The largest absolute Gasteiger partial charge is 0.435 e. The summed E-state index contributed by atoms with van der Waals surface area (Å²) in [5.41, 5.74) is 12.2. The van der Waals surface area contributed by atoms with E-state index >= 15 is 0 Å². The molecule has 5 aromatic heterocycles. The Hall–Kier alpha value is -10.3. The van der Waals surface area contributed by atoms with Gasteiger partial charge in [-0.1, -0.05) is 170 Å². The van der Waals surface area contributed by atoms with Gasteiger partial charge in [0.25, 0.3) is 0 Å². The van der Waals surface area contributed by atoms with Crippen molar-refractivity contribution in [3.8, 4) is 79.3 Å². The highest BCUT2D eigenvalue weighted by Gasteiger charge is 2.23. The van der Waals surface area contributed by atoms with Gasteiger partial charge in [0.2, 0.25) is 5.89 Å². The monoisotopic (exact) mass is 957 g/mol. The van der Waals surface area contributed by atoms with Crippen molar-refractivity contribution in [1.29, 1.82) is 0 Å². The quantitative estimate of drug-likeness (QED) is 0.146. The second-order valence-corrected chi connectivity index (χ2v) is 18.8. The van der Waals surface area contributed by atoms with E-state index in [-0.39, 0.29) is 0 Å². The van der Waals surface area contributed by atoms with Crippen LogP contribution in [-0.2, 0) is 0 Å². The molecule has 0 atom stereocenters. The third kappa shape index (κ3) is 7.18. The topological polar surface area (TPSA) is 103 Å². The molecule has 0 N–H and O–H groups in total. The molecule has 0 saturated carbocycles. The van der Waals surface area contributed by atoms with Crippen LogP contribution in [0, 0.1) is 0 Å². The zero-order valence-corrected chi connectivity index (χ0v) is 40.1. The van der Waals surface area contributed by atoms with Crippen LogP contribution in [0.15, 0.2) is 241 Å². The third-order valence-electron chi connectivity index (χ3n) is 14.4. The molecule has 75 heavy (non-hydrogen) atoms. The van der Waals surface area contributed by atoms with Crippen LogP contribution < -0.4 is 0 Å². The summed E-state index contributed by atoms with van der Waals surface area (Å²) in [7, 11) is 0. The molecule has 0 aliphatic rings. The van der Waals surface area contributed by atoms with Gasteiger partial charge in [0, 0.05) is 62.1 Å². The van der Waals surface area contributed by atoms with Crippen molar-refractivity contribution >= 4 is 76.0 Å². The maximum atomic E-state index is 6.96. The summed E-state index contributed by atoms with van der Waals surface area (Å²) in [4.78, 5) is 36.9. The molecule has 0 spiro atoms. The Labute approximate surface area is 429 Å². The first-order valence-electron chi connectivity index (χ1n) is 24.9. The van der Waals surface area contributed by atoms with E-state index in [0.717, 1.165) is 121 Å². The molecule has 15 aromatic rings. The van der Waals surface area contributed by atoms with Gasteiger partial charge in [-0.15, -0.1) is 0 Å². The van der Waals surface area contributed by atoms with Gasteiger partial charge < -0.3 is 4.42 Å². The van der Waals surface area contributed by atoms with Gasteiger partial charge in [-0.05, 0) is 97.7 Å². The molecule has 15 rings (SSSR count). The van der Waals surface area contributed by atoms with E-state index in [1.165, 1.54) is 0 Å². The fourth-order valence-corrected chi connectivity index (χ4v) is 10.9. The number of aromatic nitrogens is 7. The fraction of sp³-hybridized carbons (Fsp3) is 0. The van der Waals surface area contributed by atoms with Crippen LogP contribution in [-0.4, -0.2) is 34.9 Å². The summed E-state index contributed by atoms with van der Waals surface area (Å²) < 4.78 is 6.96. The average Bonchev–Trinajstić information content (AvgIpc) is 3.95. The van der Waals surface area contributed by atoms with E-state index in [1.54, 1.807) is 12.4 Å². The zero-order valence-electron chi connectivity index (χ0n) is 40.1. The third-order valence-corrected chi connectivity index (χ3v) is 14.4. The van der Waals surface area contributed by atoms with Crippen LogP contribution >= 0.6 is 0 Å². The molecule has 0 amide bonds. The Morgan fingerprint density at radius 2 is 0.613 bits per heavy atom. The predicted molar refractivity (Wildman–Crippen MR) is 304 cm³/mol. The number of rotatable bonds is 7. The smallest absolute Gasteiger partial charge is 0.227 e. The Balaban J connectivity index is 1.03. The summed E-state index contributed by atoms with van der Waals surface area (Å²) in [6.45, 7) is 0. The lowest BCUT2D eigenvalue weighted by Gasteiger charge is -2.15. The Bertz CT molecular complexity index is 4300. The van der Waals surface area contributed by atoms with E-state index in [1.807, 2.05) is 24.3 Å². The number of pyridine rings is 2. The molecule has 348 valence electrons. The van der Waals surface area contributed by atoms with Gasteiger partial charge in [-0.2, -0.15) is 0 Å². The van der Waals surface area contributed by atoms with E-state index in [2.05, 4.69) is 200 Å². The minimum atomic E-state index is 0.411. The van der Waals surface area contributed by atoms with Gasteiger partial charge in [-0.25, -0.2) is 24.9 Å². The standard InChI is InChI=1S/C67H39N7O/c1-5-23-47-40(15-1)19-9-27-51(47)57-38-58(52-28-10-20-41-16-2-6-24-48(41)52)71-65(70-57)44-35-45(37-46(36-44)67-74-63-55-31-13-33-68-61(55)62-56(64(63)75-67)32-14-34-69-62)66-72-59(53-29-11-21-42-17-3-7-25-49(42)53)39-60(73-66)54-30-12-22-43-18-4-8-26-50(43)54/h1-39H. The van der Waals surface area contributed by atoms with Gasteiger partial charge in [0.1, 0.15) is 11.0 Å². The molecule has 0 aliphatic heterocycles. The SMILES string of the molecule is c1ccc2c(-c3cc(-c4cccc5ccccc45)nc(-c4cc(-c5nc(-c6cccc7ccccc67)cc(-c6cccc7ccccc67)n5)cc(-c5nc6c7cccnc7c7ncccc7c6o5)c4)n3)cccc2c1. The summed E-state index contributed by atoms with van der Waals surface area (Å²) in [6, 6.07) is 77.6. The minimum Gasteiger partial charge on any atom is -0.435 e. The number of benzene rings is 10. The van der Waals surface area contributed by atoms with Gasteiger partial charge in [-0.3, -0.25) is 9.97 Å². The van der Waals surface area contributed by atoms with Crippen molar-refractivity contribution in [2.45, 2.75) is 0 Å². The molecule has 0 aliphatic carbocycles. The Morgan fingerprint density at radius 3 is 1.04 bits per heavy atom. The number of nitrogens with zero attached hydrogens (tertiary/aromatic N) is 7. The molecule has 0 radical (unpaired) electrons. The summed E-state index contributed by atoms with van der Waals surface area (Å²) >= 11 is 0. The first-order chi connectivity index (χ1) is 37.1. The normalized spacial score (nSPS) is 11.7. The van der Waals surface area contributed by atoms with Crippen LogP contribution in [0.25, 0.3) is 155 Å². The molecule has 0 saturated heterocycles. The number of hydrogen-bond donors (Lipinski definition) is 0. The lowest BCUT2D eigenvalue weighted by molar-refractivity contribution is 0.623. The summed E-state index contributed by atoms with van der Waals surface area (Å²) in [5.74, 6) is 1.45. The maximum absolute atomic E-state index is 6.96. The highest BCUT2D eigenvalue weighted by molar-refractivity contribution is 6.20. The lowest BCUT2D eigenvalue weighted by atomic mass is 9.97. The lowest BCUT2D eigenvalue weighted by Crippen LogP contribution is -2.00. The molecule has 0 fully saturated rings. The van der Waals surface area contributed by atoms with Crippen molar-refractivity contribution in [2.24, 2.45) is 0 Å². The van der Waals surface area contributed by atoms with Crippen LogP contribution in [0.5, 0.6) is 0 Å². The molecule has 0 bridgehead atoms. The molecule has 8 heteroatoms. The zero-order chi connectivity index (χ0) is 49.4. The van der Waals surface area contributed by atoms with E-state index in [0.29, 0.717) is 34.2 Å². The molecule has 10 aromatic carbocycles. The second-order valence-electron chi connectivity index (χ2n) is 18.8. The average molecular weight is 958 g/mol. The van der Waals surface area contributed by atoms with Crippen molar-refractivity contribution in [2.75, 3.05) is 0 Å². The van der Waals surface area contributed by atoms with Crippen LogP contribution in [0.4, 0.5) is 0 Å². The van der Waals surface area contributed by atoms with Gasteiger partial charge >= 0.3 is 0 Å². The van der Waals surface area contributed by atoms with Crippen LogP contribution in [0.2, 0.25) is 0 Å². The first kappa shape index (κ1) is 42.4. The minimum absolute atomic E-state index is 0.411. The molecular weight excluding hydrogens is 919 g/mol. The molecule has 0 unspecified atom stereocenters. The van der Waals surface area contributed by atoms with Crippen LogP contribution in [0.3, 0.4) is 0 Å². The second kappa shape index (κ2) is 17.2. The number of hydrogen-bond acceptors (Lipinski definition) is 8. The van der Waals surface area contributed by atoms with Crippen molar-refractivity contribution < 1.29 is 4.42 Å². The number of oxazole rings is 1. The van der Waals surface area contributed by atoms with Crippen molar-refractivity contribution in [3.63, 3.8) is 0 Å². The van der Waals surface area contributed by atoms with Crippen molar-refractivity contribution in [3.05, 3.63) is 237 Å². The Kier molecular flexibility index (Phi) is 9.71. The van der Waals surface area contributed by atoms with Crippen molar-refractivity contribution in [1.82, 2.24) is 34.9 Å². The number of fused-ring (bicyclic) bond motifs is 10. The summed E-state index contributed by atoms with van der Waals surface area (Å²) in [5, 5.41) is 10.5. The highest BCUT2D eigenvalue weighted by Crippen LogP contribution is 2.41. The first-order valence-corrected chi connectivity index (χ1v) is 24.9. The van der Waals surface area contributed by atoms with Crippen LogP contribution in [0.1, 0.15) is 0 Å². The predicted octanol–water partition coefficient (Wildman–Crippen LogP) is 16.8. The van der Waals surface area contributed by atoms with Gasteiger partial charge in [0.15, 0.2) is 17.2 Å².